The van der Waals surface area contributed by atoms with Gasteiger partial charge in [-0.05, 0) is 43.9 Å². The van der Waals surface area contributed by atoms with Crippen molar-refractivity contribution in [1.82, 2.24) is 4.90 Å². The highest BCUT2D eigenvalue weighted by atomic mass is 16.2. The first-order valence-electron chi connectivity index (χ1n) is 9.13. The molecule has 0 aromatic heterocycles. The Balaban J connectivity index is 1.92. The molecule has 0 saturated heterocycles. The highest BCUT2D eigenvalue weighted by Crippen LogP contribution is 2.29. The molecule has 2 rings (SSSR count). The fourth-order valence-electron chi connectivity index (χ4n) is 3.96. The molecule has 2 N–H and O–H groups in total. The van der Waals surface area contributed by atoms with Crippen LogP contribution in [-0.4, -0.2) is 29.4 Å². The minimum atomic E-state index is 0.248. The molecule has 0 aromatic rings. The molecule has 2 fully saturated rings. The lowest BCUT2D eigenvalue weighted by Crippen LogP contribution is -2.43. The van der Waals surface area contributed by atoms with Crippen LogP contribution in [0.2, 0.25) is 0 Å². The van der Waals surface area contributed by atoms with Crippen LogP contribution in [0, 0.1) is 11.8 Å². The molecule has 0 heterocycles. The topological polar surface area (TPSA) is 46.3 Å². The molecule has 2 atom stereocenters. The second-order valence-corrected chi connectivity index (χ2v) is 7.62. The Morgan fingerprint density at radius 1 is 1.10 bits per heavy atom. The van der Waals surface area contributed by atoms with Gasteiger partial charge < -0.3 is 10.6 Å². The zero-order chi connectivity index (χ0) is 15.2. The van der Waals surface area contributed by atoms with Crippen LogP contribution < -0.4 is 5.73 Å². The van der Waals surface area contributed by atoms with Crippen molar-refractivity contribution in [2.45, 2.75) is 90.1 Å². The smallest absolute Gasteiger partial charge is 0.223 e. The van der Waals surface area contributed by atoms with Gasteiger partial charge in [-0.3, -0.25) is 4.79 Å². The zero-order valence-corrected chi connectivity index (χ0v) is 14.0. The van der Waals surface area contributed by atoms with E-state index in [2.05, 4.69) is 18.7 Å². The van der Waals surface area contributed by atoms with Gasteiger partial charge in [0.1, 0.15) is 0 Å². The van der Waals surface area contributed by atoms with E-state index in [4.69, 9.17) is 5.73 Å². The van der Waals surface area contributed by atoms with Crippen molar-refractivity contribution in [2.75, 3.05) is 6.54 Å². The van der Waals surface area contributed by atoms with Crippen molar-refractivity contribution in [1.29, 1.82) is 0 Å². The third-order valence-electron chi connectivity index (χ3n) is 5.44. The number of nitrogens with zero attached hydrogens (tertiary/aromatic N) is 1. The second kappa shape index (κ2) is 8.17. The Morgan fingerprint density at radius 3 is 2.33 bits per heavy atom. The molecular formula is C18H34N2O. The zero-order valence-electron chi connectivity index (χ0n) is 14.0. The molecule has 0 aliphatic heterocycles. The summed E-state index contributed by atoms with van der Waals surface area (Å²) in [5, 5.41) is 0. The fourth-order valence-corrected chi connectivity index (χ4v) is 3.96. The van der Waals surface area contributed by atoms with Crippen molar-refractivity contribution in [3.63, 3.8) is 0 Å². The molecule has 3 nitrogen and oxygen atoms in total. The van der Waals surface area contributed by atoms with Crippen molar-refractivity contribution >= 4 is 5.91 Å². The van der Waals surface area contributed by atoms with Crippen LogP contribution in [0.25, 0.3) is 0 Å². The van der Waals surface area contributed by atoms with Crippen LogP contribution in [0.15, 0.2) is 0 Å². The summed E-state index contributed by atoms with van der Waals surface area (Å²) >= 11 is 0. The number of hydrogen-bond donors (Lipinski definition) is 1. The number of carbonyl (C=O) groups excluding carboxylic acids is 1. The van der Waals surface area contributed by atoms with Crippen LogP contribution in [-0.2, 0) is 4.79 Å². The molecule has 3 heteroatoms. The fraction of sp³-hybridized carbons (Fsp3) is 0.944. The number of rotatable bonds is 6. The Hall–Kier alpha value is -0.570. The molecule has 21 heavy (non-hydrogen) atoms. The molecule has 2 unspecified atom stereocenters. The van der Waals surface area contributed by atoms with Crippen molar-refractivity contribution in [3.8, 4) is 0 Å². The third kappa shape index (κ3) is 4.98. The van der Waals surface area contributed by atoms with Crippen LogP contribution in [0.3, 0.4) is 0 Å². The monoisotopic (exact) mass is 294 g/mol. The summed E-state index contributed by atoms with van der Waals surface area (Å²) in [7, 11) is 0. The predicted molar refractivity (Wildman–Crippen MR) is 88.0 cm³/mol. The molecule has 0 radical (unpaired) electrons. The lowest BCUT2D eigenvalue weighted by atomic mass is 9.82. The van der Waals surface area contributed by atoms with Crippen molar-refractivity contribution < 1.29 is 4.79 Å². The molecule has 2 saturated carbocycles. The largest absolute Gasteiger partial charge is 0.340 e. The minimum Gasteiger partial charge on any atom is -0.340 e. The molecule has 122 valence electrons. The van der Waals surface area contributed by atoms with E-state index < -0.39 is 0 Å². The lowest BCUT2D eigenvalue weighted by molar-refractivity contribution is -0.135. The first-order valence-corrected chi connectivity index (χ1v) is 9.13. The van der Waals surface area contributed by atoms with Gasteiger partial charge in [0.25, 0.3) is 0 Å². The normalized spacial score (nSPS) is 27.2. The highest BCUT2D eigenvalue weighted by molar-refractivity contribution is 5.77. The van der Waals surface area contributed by atoms with Crippen LogP contribution in [0.5, 0.6) is 0 Å². The van der Waals surface area contributed by atoms with E-state index in [1.165, 1.54) is 38.5 Å². The van der Waals surface area contributed by atoms with Crippen molar-refractivity contribution in [3.05, 3.63) is 0 Å². The lowest BCUT2D eigenvalue weighted by Gasteiger charge is -2.34. The maximum Gasteiger partial charge on any atom is 0.223 e. The molecule has 1 amide bonds. The third-order valence-corrected chi connectivity index (χ3v) is 5.44. The maximum absolute atomic E-state index is 12.8. The van der Waals surface area contributed by atoms with Crippen molar-refractivity contribution in [2.24, 2.45) is 17.6 Å². The summed E-state index contributed by atoms with van der Waals surface area (Å²) < 4.78 is 0. The summed E-state index contributed by atoms with van der Waals surface area (Å²) in [6.45, 7) is 5.44. The summed E-state index contributed by atoms with van der Waals surface area (Å²) in [6, 6.07) is 0.759. The number of hydrogen-bond acceptors (Lipinski definition) is 2. The summed E-state index contributed by atoms with van der Waals surface area (Å²) in [5.41, 5.74) is 6.23. The quantitative estimate of drug-likeness (QED) is 0.811. The van der Waals surface area contributed by atoms with Gasteiger partial charge in [0.2, 0.25) is 5.91 Å². The van der Waals surface area contributed by atoms with E-state index in [-0.39, 0.29) is 6.04 Å². The Morgan fingerprint density at radius 2 is 1.71 bits per heavy atom. The van der Waals surface area contributed by atoms with Gasteiger partial charge in [-0.1, -0.05) is 39.5 Å². The Labute approximate surface area is 130 Å². The average molecular weight is 294 g/mol. The molecular weight excluding hydrogens is 260 g/mol. The van der Waals surface area contributed by atoms with E-state index in [9.17, 15) is 4.79 Å². The van der Waals surface area contributed by atoms with E-state index in [1.54, 1.807) is 0 Å². The van der Waals surface area contributed by atoms with Crippen LogP contribution in [0.1, 0.15) is 78.1 Å². The first-order chi connectivity index (χ1) is 10.1. The summed E-state index contributed by atoms with van der Waals surface area (Å²) in [4.78, 5) is 15.0. The van der Waals surface area contributed by atoms with Gasteiger partial charge >= 0.3 is 0 Å². The Kier molecular flexibility index (Phi) is 6.53. The summed E-state index contributed by atoms with van der Waals surface area (Å²) in [6.07, 6.45) is 11.6. The standard InChI is InChI=1S/C18H34N2O/c1-14(2)11-12-20(16-8-4-5-9-16)18(21)13-15-7-3-6-10-17(15)19/h14-17H,3-13,19H2,1-2H3. The second-order valence-electron chi connectivity index (χ2n) is 7.62. The molecule has 0 spiro atoms. The van der Waals surface area contributed by atoms with Gasteiger partial charge in [-0.25, -0.2) is 0 Å². The number of amides is 1. The van der Waals surface area contributed by atoms with Gasteiger partial charge in [-0.15, -0.1) is 0 Å². The van der Waals surface area contributed by atoms with Gasteiger partial charge in [-0.2, -0.15) is 0 Å². The minimum absolute atomic E-state index is 0.248. The first kappa shape index (κ1) is 16.8. The summed E-state index contributed by atoms with van der Waals surface area (Å²) in [5.74, 6) is 1.47. The molecule has 2 aliphatic carbocycles. The van der Waals surface area contributed by atoms with Gasteiger partial charge in [0, 0.05) is 25.0 Å². The highest BCUT2D eigenvalue weighted by Gasteiger charge is 2.30. The average Bonchev–Trinajstić information content (AvgIpc) is 2.95. The van der Waals surface area contributed by atoms with E-state index >= 15 is 0 Å². The number of carbonyl (C=O) groups is 1. The maximum atomic E-state index is 12.8. The predicted octanol–water partition coefficient (Wildman–Crippen LogP) is 3.71. The SMILES string of the molecule is CC(C)CCN(C(=O)CC1CCCCC1N)C1CCCC1. The van der Waals surface area contributed by atoms with Crippen LogP contribution in [0.4, 0.5) is 0 Å². The Bertz CT molecular complexity index is 323. The molecule has 0 aromatic carbocycles. The van der Waals surface area contributed by atoms with Gasteiger partial charge in [0.15, 0.2) is 0 Å². The number of nitrogens with two attached hydrogens (primary N) is 1. The van der Waals surface area contributed by atoms with E-state index in [0.717, 1.165) is 25.8 Å². The van der Waals surface area contributed by atoms with Gasteiger partial charge in [0.05, 0.1) is 0 Å². The van der Waals surface area contributed by atoms with E-state index in [0.29, 0.717) is 30.2 Å². The van der Waals surface area contributed by atoms with E-state index in [1.807, 2.05) is 0 Å². The van der Waals surface area contributed by atoms with Crippen LogP contribution >= 0.6 is 0 Å². The molecule has 2 aliphatic rings. The molecule has 0 bridgehead atoms.